The molecule has 1 aliphatic carbocycles. The topological polar surface area (TPSA) is 65.5 Å². The van der Waals surface area contributed by atoms with Crippen LogP contribution >= 0.6 is 0 Å². The standard InChI is InChI=1S/C20H20F2N4O2/c21-14-4-5-16(15(22)13-14)24-18(27)20(6-7-20)19(28)26-11-9-25(10-12-26)17-3-1-2-8-23-17/h1-5,8,13H,6-7,9-12H2,(H,24,27). The third-order valence-electron chi connectivity index (χ3n) is 5.31. The van der Waals surface area contributed by atoms with E-state index in [9.17, 15) is 18.4 Å². The number of piperazine rings is 1. The maximum absolute atomic E-state index is 13.8. The lowest BCUT2D eigenvalue weighted by atomic mass is 10.0. The molecule has 1 aromatic carbocycles. The van der Waals surface area contributed by atoms with Gasteiger partial charge in [-0.25, -0.2) is 13.8 Å². The first-order chi connectivity index (χ1) is 13.5. The van der Waals surface area contributed by atoms with Crippen LogP contribution in [-0.2, 0) is 9.59 Å². The van der Waals surface area contributed by atoms with Crippen LogP contribution in [0.3, 0.4) is 0 Å². The number of nitrogens with zero attached hydrogens (tertiary/aromatic N) is 3. The van der Waals surface area contributed by atoms with Crippen molar-refractivity contribution < 1.29 is 18.4 Å². The highest BCUT2D eigenvalue weighted by molar-refractivity contribution is 6.13. The fourth-order valence-corrected chi connectivity index (χ4v) is 3.48. The lowest BCUT2D eigenvalue weighted by molar-refractivity contribution is -0.142. The van der Waals surface area contributed by atoms with Crippen LogP contribution in [0.1, 0.15) is 12.8 Å². The Morgan fingerprint density at radius 3 is 2.39 bits per heavy atom. The van der Waals surface area contributed by atoms with Gasteiger partial charge in [-0.1, -0.05) is 6.07 Å². The largest absolute Gasteiger partial charge is 0.353 e. The SMILES string of the molecule is O=C(Nc1ccc(F)cc1F)C1(C(=O)N2CCN(c3ccccn3)CC2)CC1. The molecule has 6 nitrogen and oxygen atoms in total. The van der Waals surface area contributed by atoms with E-state index in [0.717, 1.165) is 18.0 Å². The molecule has 2 heterocycles. The summed E-state index contributed by atoms with van der Waals surface area (Å²) in [4.78, 5) is 33.7. The van der Waals surface area contributed by atoms with Gasteiger partial charge in [-0.05, 0) is 37.1 Å². The van der Waals surface area contributed by atoms with Crippen LogP contribution in [0.5, 0.6) is 0 Å². The highest BCUT2D eigenvalue weighted by Gasteiger charge is 2.58. The van der Waals surface area contributed by atoms with E-state index in [2.05, 4.69) is 15.2 Å². The smallest absolute Gasteiger partial charge is 0.240 e. The molecule has 2 aromatic rings. The molecule has 1 saturated carbocycles. The zero-order valence-electron chi connectivity index (χ0n) is 15.2. The molecular formula is C20H20F2N4O2. The average molecular weight is 386 g/mol. The quantitative estimate of drug-likeness (QED) is 0.820. The maximum atomic E-state index is 13.8. The molecule has 1 N–H and O–H groups in total. The van der Waals surface area contributed by atoms with Crippen LogP contribution in [0.25, 0.3) is 0 Å². The Hall–Kier alpha value is -3.03. The third kappa shape index (κ3) is 3.42. The number of amides is 2. The Morgan fingerprint density at radius 1 is 1.04 bits per heavy atom. The Balaban J connectivity index is 1.40. The van der Waals surface area contributed by atoms with E-state index in [1.54, 1.807) is 11.1 Å². The summed E-state index contributed by atoms with van der Waals surface area (Å²) in [5.74, 6) is -1.48. The highest BCUT2D eigenvalue weighted by Crippen LogP contribution is 2.48. The summed E-state index contributed by atoms with van der Waals surface area (Å²) in [7, 11) is 0. The van der Waals surface area contributed by atoms with Gasteiger partial charge in [0.2, 0.25) is 11.8 Å². The molecule has 1 saturated heterocycles. The molecule has 0 radical (unpaired) electrons. The molecule has 2 amide bonds. The van der Waals surface area contributed by atoms with Gasteiger partial charge in [0.1, 0.15) is 22.9 Å². The van der Waals surface area contributed by atoms with E-state index in [1.165, 1.54) is 0 Å². The second-order valence-electron chi connectivity index (χ2n) is 7.13. The molecule has 0 unspecified atom stereocenters. The zero-order chi connectivity index (χ0) is 19.7. The van der Waals surface area contributed by atoms with E-state index < -0.39 is 23.0 Å². The Labute approximate surface area is 161 Å². The fraction of sp³-hybridized carbons (Fsp3) is 0.350. The minimum Gasteiger partial charge on any atom is -0.353 e. The summed E-state index contributed by atoms with van der Waals surface area (Å²) in [6.07, 6.45) is 2.59. The van der Waals surface area contributed by atoms with E-state index >= 15 is 0 Å². The number of halogens is 2. The molecule has 146 valence electrons. The summed E-state index contributed by atoms with van der Waals surface area (Å²) in [5, 5.41) is 2.45. The summed E-state index contributed by atoms with van der Waals surface area (Å²) < 4.78 is 26.9. The molecule has 2 aliphatic rings. The van der Waals surface area contributed by atoms with Gasteiger partial charge in [0, 0.05) is 38.4 Å². The van der Waals surface area contributed by atoms with Gasteiger partial charge in [-0.3, -0.25) is 9.59 Å². The number of anilines is 2. The van der Waals surface area contributed by atoms with E-state index in [4.69, 9.17) is 0 Å². The predicted octanol–water partition coefficient (Wildman–Crippen LogP) is 2.43. The summed E-state index contributed by atoms with van der Waals surface area (Å²) in [5.41, 5.74) is -1.26. The Bertz CT molecular complexity index is 894. The average Bonchev–Trinajstić information content (AvgIpc) is 3.52. The van der Waals surface area contributed by atoms with Crippen LogP contribution in [0, 0.1) is 17.0 Å². The fourth-order valence-electron chi connectivity index (χ4n) is 3.48. The molecule has 0 bridgehead atoms. The van der Waals surface area contributed by atoms with Crippen LogP contribution in [0.2, 0.25) is 0 Å². The summed E-state index contributed by atoms with van der Waals surface area (Å²) in [6, 6.07) is 8.62. The van der Waals surface area contributed by atoms with Gasteiger partial charge < -0.3 is 15.1 Å². The second-order valence-corrected chi connectivity index (χ2v) is 7.13. The normalized spacial score (nSPS) is 17.9. The zero-order valence-corrected chi connectivity index (χ0v) is 15.2. The number of benzene rings is 1. The number of aromatic nitrogens is 1. The second kappa shape index (κ2) is 7.18. The van der Waals surface area contributed by atoms with Crippen molar-refractivity contribution in [3.05, 3.63) is 54.2 Å². The molecule has 0 spiro atoms. The number of hydrogen-bond donors (Lipinski definition) is 1. The number of pyridine rings is 1. The van der Waals surface area contributed by atoms with Crippen molar-refractivity contribution in [2.24, 2.45) is 5.41 Å². The van der Waals surface area contributed by atoms with Crippen molar-refractivity contribution in [3.63, 3.8) is 0 Å². The van der Waals surface area contributed by atoms with E-state index in [-0.39, 0.29) is 11.6 Å². The summed E-state index contributed by atoms with van der Waals surface area (Å²) >= 11 is 0. The van der Waals surface area contributed by atoms with Gasteiger partial charge in [0.15, 0.2) is 0 Å². The molecule has 28 heavy (non-hydrogen) atoms. The minimum atomic E-state index is -1.14. The Kier molecular flexibility index (Phi) is 4.70. The van der Waals surface area contributed by atoms with Crippen molar-refractivity contribution in [1.82, 2.24) is 9.88 Å². The number of carbonyl (C=O) groups is 2. The van der Waals surface area contributed by atoms with Gasteiger partial charge in [-0.15, -0.1) is 0 Å². The first-order valence-corrected chi connectivity index (χ1v) is 9.21. The molecule has 0 atom stereocenters. The molecular weight excluding hydrogens is 366 g/mol. The monoisotopic (exact) mass is 386 g/mol. The van der Waals surface area contributed by atoms with Crippen molar-refractivity contribution in [1.29, 1.82) is 0 Å². The van der Waals surface area contributed by atoms with Gasteiger partial charge in [0.05, 0.1) is 5.69 Å². The molecule has 4 rings (SSSR count). The minimum absolute atomic E-state index is 0.120. The van der Waals surface area contributed by atoms with Crippen molar-refractivity contribution in [3.8, 4) is 0 Å². The predicted molar refractivity (Wildman–Crippen MR) is 99.7 cm³/mol. The number of carbonyl (C=O) groups excluding carboxylic acids is 2. The van der Waals surface area contributed by atoms with Crippen molar-refractivity contribution >= 4 is 23.3 Å². The molecule has 1 aromatic heterocycles. The number of rotatable bonds is 4. The van der Waals surface area contributed by atoms with Crippen molar-refractivity contribution in [2.75, 3.05) is 36.4 Å². The lowest BCUT2D eigenvalue weighted by Crippen LogP contribution is -2.52. The first-order valence-electron chi connectivity index (χ1n) is 9.21. The van der Waals surface area contributed by atoms with Crippen LogP contribution in [0.15, 0.2) is 42.6 Å². The third-order valence-corrected chi connectivity index (χ3v) is 5.31. The molecule has 2 fully saturated rings. The molecule has 1 aliphatic heterocycles. The number of nitrogens with one attached hydrogen (secondary N) is 1. The Morgan fingerprint density at radius 2 is 1.79 bits per heavy atom. The number of hydrogen-bond acceptors (Lipinski definition) is 4. The summed E-state index contributed by atoms with van der Waals surface area (Å²) in [6.45, 7) is 2.25. The van der Waals surface area contributed by atoms with Crippen LogP contribution < -0.4 is 10.2 Å². The maximum Gasteiger partial charge on any atom is 0.240 e. The van der Waals surface area contributed by atoms with Gasteiger partial charge >= 0.3 is 0 Å². The van der Waals surface area contributed by atoms with Crippen LogP contribution in [0.4, 0.5) is 20.3 Å². The highest BCUT2D eigenvalue weighted by atomic mass is 19.1. The molecule has 8 heteroatoms. The van der Waals surface area contributed by atoms with Gasteiger partial charge in [-0.2, -0.15) is 0 Å². The van der Waals surface area contributed by atoms with E-state index in [1.807, 2.05) is 18.2 Å². The van der Waals surface area contributed by atoms with Crippen LogP contribution in [-0.4, -0.2) is 47.9 Å². The lowest BCUT2D eigenvalue weighted by Gasteiger charge is -2.36. The van der Waals surface area contributed by atoms with E-state index in [0.29, 0.717) is 45.1 Å². The van der Waals surface area contributed by atoms with Gasteiger partial charge in [0.25, 0.3) is 0 Å². The van der Waals surface area contributed by atoms with Crippen molar-refractivity contribution in [2.45, 2.75) is 12.8 Å². The first kappa shape index (κ1) is 18.3.